The van der Waals surface area contributed by atoms with Gasteiger partial charge in [0.2, 0.25) is 10.0 Å². The molecule has 2 aromatic rings. The summed E-state index contributed by atoms with van der Waals surface area (Å²) in [5, 5.41) is 0. The minimum absolute atomic E-state index is 0.162. The summed E-state index contributed by atoms with van der Waals surface area (Å²) >= 11 is 0. The lowest BCUT2D eigenvalue weighted by Gasteiger charge is -2.05. The lowest BCUT2D eigenvalue weighted by Crippen LogP contribution is -2.18. The SMILES string of the molecule is CNS(=O)(=O)c1ccc(-c2ccnc(C(N)=O)c2)cc1. The number of primary amides is 1. The molecule has 7 heteroatoms. The highest BCUT2D eigenvalue weighted by Gasteiger charge is 2.11. The quantitative estimate of drug-likeness (QED) is 0.868. The topological polar surface area (TPSA) is 102 Å². The number of aromatic nitrogens is 1. The normalized spacial score (nSPS) is 11.2. The third kappa shape index (κ3) is 2.84. The van der Waals surface area contributed by atoms with Gasteiger partial charge in [0.1, 0.15) is 5.69 Å². The van der Waals surface area contributed by atoms with Crippen molar-refractivity contribution in [1.29, 1.82) is 0 Å². The number of benzene rings is 1. The molecule has 0 aliphatic heterocycles. The molecular formula is C13H13N3O3S. The van der Waals surface area contributed by atoms with Crippen molar-refractivity contribution in [3.63, 3.8) is 0 Å². The van der Waals surface area contributed by atoms with Crippen molar-refractivity contribution in [2.45, 2.75) is 4.90 Å². The van der Waals surface area contributed by atoms with E-state index in [1.54, 1.807) is 24.3 Å². The predicted octanol–water partition coefficient (Wildman–Crippen LogP) is 0.756. The number of nitrogens with zero attached hydrogens (tertiary/aromatic N) is 1. The summed E-state index contributed by atoms with van der Waals surface area (Å²) in [7, 11) is -2.10. The van der Waals surface area contributed by atoms with Crippen LogP contribution in [0.15, 0.2) is 47.5 Å². The van der Waals surface area contributed by atoms with E-state index in [0.29, 0.717) is 0 Å². The zero-order valence-electron chi connectivity index (χ0n) is 10.7. The lowest BCUT2D eigenvalue weighted by molar-refractivity contribution is 0.0995. The molecule has 1 heterocycles. The Bertz CT molecular complexity index is 740. The maximum atomic E-state index is 11.6. The Kier molecular flexibility index (Phi) is 3.82. The first-order chi connectivity index (χ1) is 9.44. The monoisotopic (exact) mass is 291 g/mol. The molecule has 1 aromatic heterocycles. The molecule has 0 saturated heterocycles. The van der Waals surface area contributed by atoms with Crippen LogP contribution in [0.2, 0.25) is 0 Å². The van der Waals surface area contributed by atoms with Crippen molar-refractivity contribution in [3.05, 3.63) is 48.3 Å². The summed E-state index contributed by atoms with van der Waals surface area (Å²) in [4.78, 5) is 15.1. The van der Waals surface area contributed by atoms with Crippen molar-refractivity contribution in [2.75, 3.05) is 7.05 Å². The number of carbonyl (C=O) groups is 1. The summed E-state index contributed by atoms with van der Waals surface area (Å²) in [5.74, 6) is -0.610. The van der Waals surface area contributed by atoms with Gasteiger partial charge in [-0.2, -0.15) is 0 Å². The van der Waals surface area contributed by atoms with E-state index in [9.17, 15) is 13.2 Å². The van der Waals surface area contributed by atoms with Crippen molar-refractivity contribution in [1.82, 2.24) is 9.71 Å². The Labute approximate surface area is 116 Å². The largest absolute Gasteiger partial charge is 0.364 e. The molecule has 0 spiro atoms. The van der Waals surface area contributed by atoms with Crippen molar-refractivity contribution < 1.29 is 13.2 Å². The molecule has 104 valence electrons. The number of hydrogen-bond acceptors (Lipinski definition) is 4. The van der Waals surface area contributed by atoms with Crippen molar-refractivity contribution in [3.8, 4) is 11.1 Å². The van der Waals surface area contributed by atoms with Gasteiger partial charge < -0.3 is 5.73 Å². The van der Waals surface area contributed by atoms with Crippen LogP contribution < -0.4 is 10.5 Å². The van der Waals surface area contributed by atoms with Crippen molar-refractivity contribution in [2.24, 2.45) is 5.73 Å². The Morgan fingerprint density at radius 2 is 1.80 bits per heavy atom. The van der Waals surface area contributed by atoms with Gasteiger partial charge >= 0.3 is 0 Å². The second-order valence-electron chi connectivity index (χ2n) is 4.03. The third-order valence-electron chi connectivity index (χ3n) is 2.78. The number of hydrogen-bond donors (Lipinski definition) is 2. The first-order valence-corrected chi connectivity index (χ1v) is 7.22. The highest BCUT2D eigenvalue weighted by molar-refractivity contribution is 7.89. The van der Waals surface area contributed by atoms with Crippen LogP contribution in [0.25, 0.3) is 11.1 Å². The fourth-order valence-corrected chi connectivity index (χ4v) is 2.42. The molecule has 6 nitrogen and oxygen atoms in total. The number of rotatable bonds is 4. The van der Waals surface area contributed by atoms with Gasteiger partial charge in [0, 0.05) is 6.20 Å². The summed E-state index contributed by atoms with van der Waals surface area (Å²) in [6, 6.07) is 9.57. The van der Waals surface area contributed by atoms with Gasteiger partial charge in [-0.15, -0.1) is 0 Å². The predicted molar refractivity (Wildman–Crippen MR) is 74.4 cm³/mol. The van der Waals surface area contributed by atoms with Crippen LogP contribution in [0, 0.1) is 0 Å². The number of nitrogens with one attached hydrogen (secondary N) is 1. The van der Waals surface area contributed by atoms with Crippen LogP contribution >= 0.6 is 0 Å². The lowest BCUT2D eigenvalue weighted by atomic mass is 10.1. The number of nitrogens with two attached hydrogens (primary N) is 1. The Morgan fingerprint density at radius 1 is 1.15 bits per heavy atom. The molecule has 0 saturated carbocycles. The summed E-state index contributed by atoms with van der Waals surface area (Å²) in [6.45, 7) is 0. The zero-order chi connectivity index (χ0) is 14.8. The Morgan fingerprint density at radius 3 is 2.35 bits per heavy atom. The van der Waals surface area contributed by atoms with E-state index in [4.69, 9.17) is 5.73 Å². The average Bonchev–Trinajstić information content (AvgIpc) is 2.47. The second-order valence-corrected chi connectivity index (χ2v) is 5.91. The smallest absolute Gasteiger partial charge is 0.267 e. The molecule has 1 aromatic carbocycles. The van der Waals surface area contributed by atoms with E-state index in [1.807, 2.05) is 0 Å². The molecule has 1 amide bonds. The van der Waals surface area contributed by atoms with E-state index in [-0.39, 0.29) is 10.6 Å². The highest BCUT2D eigenvalue weighted by atomic mass is 32.2. The number of pyridine rings is 1. The maximum Gasteiger partial charge on any atom is 0.267 e. The van der Waals surface area contributed by atoms with E-state index < -0.39 is 15.9 Å². The molecule has 0 aliphatic carbocycles. The molecule has 2 rings (SSSR count). The van der Waals surface area contributed by atoms with Gasteiger partial charge in [-0.25, -0.2) is 13.1 Å². The number of amides is 1. The van der Waals surface area contributed by atoms with Gasteiger partial charge in [-0.05, 0) is 42.4 Å². The number of sulfonamides is 1. The standard InChI is InChI=1S/C13H13N3O3S/c1-15-20(18,19)11-4-2-9(3-5-11)10-6-7-16-12(8-10)13(14)17/h2-8,15H,1H3,(H2,14,17). The van der Waals surface area contributed by atoms with E-state index in [1.165, 1.54) is 25.4 Å². The van der Waals surface area contributed by atoms with Gasteiger partial charge in [-0.1, -0.05) is 12.1 Å². The molecule has 0 radical (unpaired) electrons. The fraction of sp³-hybridized carbons (Fsp3) is 0.0769. The van der Waals surface area contributed by atoms with Crippen LogP contribution in [0.3, 0.4) is 0 Å². The molecule has 0 unspecified atom stereocenters. The van der Waals surface area contributed by atoms with Crippen LogP contribution in [-0.4, -0.2) is 26.4 Å². The van der Waals surface area contributed by atoms with E-state index in [0.717, 1.165) is 11.1 Å². The second kappa shape index (κ2) is 5.40. The molecule has 0 bridgehead atoms. The molecule has 3 N–H and O–H groups in total. The summed E-state index contributed by atoms with van der Waals surface area (Å²) < 4.78 is 25.5. The summed E-state index contributed by atoms with van der Waals surface area (Å²) in [5.41, 5.74) is 6.84. The van der Waals surface area contributed by atoms with Crippen LogP contribution in [-0.2, 0) is 10.0 Å². The first-order valence-electron chi connectivity index (χ1n) is 5.74. The maximum absolute atomic E-state index is 11.6. The third-order valence-corrected chi connectivity index (χ3v) is 4.21. The van der Waals surface area contributed by atoms with Gasteiger partial charge in [0.25, 0.3) is 5.91 Å². The van der Waals surface area contributed by atoms with Crippen LogP contribution in [0.5, 0.6) is 0 Å². The fourth-order valence-electron chi connectivity index (χ4n) is 1.69. The molecule has 0 atom stereocenters. The number of carbonyl (C=O) groups excluding carboxylic acids is 1. The van der Waals surface area contributed by atoms with E-state index in [2.05, 4.69) is 9.71 Å². The Balaban J connectivity index is 2.40. The molecule has 20 heavy (non-hydrogen) atoms. The van der Waals surface area contributed by atoms with Crippen LogP contribution in [0.1, 0.15) is 10.5 Å². The molecule has 0 fully saturated rings. The van der Waals surface area contributed by atoms with Gasteiger partial charge in [0.05, 0.1) is 4.90 Å². The zero-order valence-corrected chi connectivity index (χ0v) is 11.5. The minimum atomic E-state index is -3.46. The average molecular weight is 291 g/mol. The molecule has 0 aliphatic rings. The minimum Gasteiger partial charge on any atom is -0.364 e. The van der Waals surface area contributed by atoms with Gasteiger partial charge in [0.15, 0.2) is 0 Å². The Hall–Kier alpha value is -2.25. The van der Waals surface area contributed by atoms with Crippen LogP contribution in [0.4, 0.5) is 0 Å². The van der Waals surface area contributed by atoms with Gasteiger partial charge in [-0.3, -0.25) is 9.78 Å². The molecular weight excluding hydrogens is 278 g/mol. The highest BCUT2D eigenvalue weighted by Crippen LogP contribution is 2.21. The summed E-state index contributed by atoms with van der Waals surface area (Å²) in [6.07, 6.45) is 1.48. The van der Waals surface area contributed by atoms with Crippen molar-refractivity contribution >= 4 is 15.9 Å². The first kappa shape index (κ1) is 14.2. The van der Waals surface area contributed by atoms with E-state index >= 15 is 0 Å².